The fourth-order valence-electron chi connectivity index (χ4n) is 0.940. The van der Waals surface area contributed by atoms with Gasteiger partial charge in [-0.15, -0.1) is 0 Å². The van der Waals surface area contributed by atoms with Gasteiger partial charge in [0.2, 0.25) is 0 Å². The van der Waals surface area contributed by atoms with E-state index in [-0.39, 0.29) is 5.69 Å². The van der Waals surface area contributed by atoms with Gasteiger partial charge < -0.3 is 0 Å². The van der Waals surface area contributed by atoms with E-state index in [4.69, 9.17) is 5.26 Å². The number of rotatable bonds is 0. The smallest absolute Gasteiger partial charge is 0.271 e. The van der Waals surface area contributed by atoms with E-state index in [2.05, 4.69) is 5.10 Å². The highest BCUT2D eigenvalue weighted by Crippen LogP contribution is 2.31. The predicted molar refractivity (Wildman–Crippen MR) is 49.0 cm³/mol. The molecule has 1 heterocycles. The molecule has 84 valence electrons. The van der Waals surface area contributed by atoms with Crippen LogP contribution in [0.4, 0.5) is 13.2 Å². The minimum atomic E-state index is -4.56. The maximum Gasteiger partial charge on any atom is 0.436 e. The lowest BCUT2D eigenvalue weighted by molar-refractivity contribution is -0.141. The van der Waals surface area contributed by atoms with Crippen molar-refractivity contribution in [1.29, 1.82) is 5.26 Å². The SMILES string of the molecule is CC.Cc1c(C#N)c(C(F)(F)F)nn1C. The number of hydrogen-bond donors (Lipinski definition) is 0. The van der Waals surface area contributed by atoms with Crippen LogP contribution in [-0.4, -0.2) is 9.78 Å². The molecule has 1 aromatic rings. The third-order valence-corrected chi connectivity index (χ3v) is 1.71. The average Bonchev–Trinajstić information content (AvgIpc) is 2.46. The number of aromatic nitrogens is 2. The summed E-state index contributed by atoms with van der Waals surface area (Å²) in [5.41, 5.74) is -1.31. The minimum Gasteiger partial charge on any atom is -0.271 e. The molecule has 1 rings (SSSR count). The van der Waals surface area contributed by atoms with Crippen LogP contribution < -0.4 is 0 Å². The molecule has 0 aliphatic carbocycles. The Hall–Kier alpha value is -1.51. The van der Waals surface area contributed by atoms with E-state index in [0.29, 0.717) is 0 Å². The lowest BCUT2D eigenvalue weighted by atomic mass is 10.2. The van der Waals surface area contributed by atoms with Crippen LogP contribution in [0.1, 0.15) is 30.8 Å². The van der Waals surface area contributed by atoms with Crippen LogP contribution in [0.2, 0.25) is 0 Å². The van der Waals surface area contributed by atoms with Gasteiger partial charge in [0.15, 0.2) is 5.69 Å². The molecule has 0 aromatic carbocycles. The van der Waals surface area contributed by atoms with Crippen molar-refractivity contribution in [2.75, 3.05) is 0 Å². The first-order valence-electron chi connectivity index (χ1n) is 4.38. The van der Waals surface area contributed by atoms with Crippen molar-refractivity contribution < 1.29 is 13.2 Å². The van der Waals surface area contributed by atoms with Crippen molar-refractivity contribution in [3.63, 3.8) is 0 Å². The molecule has 6 heteroatoms. The lowest BCUT2D eigenvalue weighted by Gasteiger charge is -2.00. The fourth-order valence-corrected chi connectivity index (χ4v) is 0.940. The van der Waals surface area contributed by atoms with E-state index in [0.717, 1.165) is 4.68 Å². The summed E-state index contributed by atoms with van der Waals surface area (Å²) in [4.78, 5) is 0. The highest BCUT2D eigenvalue weighted by Gasteiger charge is 2.38. The third kappa shape index (κ3) is 2.72. The Morgan fingerprint density at radius 3 is 2.07 bits per heavy atom. The summed E-state index contributed by atoms with van der Waals surface area (Å²) < 4.78 is 37.6. The summed E-state index contributed by atoms with van der Waals surface area (Å²) in [7, 11) is 1.37. The Morgan fingerprint density at radius 2 is 1.80 bits per heavy atom. The Bertz CT molecular complexity index is 371. The predicted octanol–water partition coefficient (Wildman–Crippen LogP) is 2.65. The van der Waals surface area contributed by atoms with Crippen LogP contribution in [0.25, 0.3) is 0 Å². The van der Waals surface area contributed by atoms with E-state index in [1.54, 1.807) is 0 Å². The highest BCUT2D eigenvalue weighted by molar-refractivity contribution is 5.38. The number of nitriles is 1. The maximum atomic E-state index is 12.2. The fraction of sp³-hybridized carbons (Fsp3) is 0.556. The van der Waals surface area contributed by atoms with Crippen LogP contribution in [0, 0.1) is 18.3 Å². The molecule has 0 spiro atoms. The zero-order chi connectivity index (χ0) is 12.2. The summed E-state index contributed by atoms with van der Waals surface area (Å²) in [6.07, 6.45) is -4.56. The summed E-state index contributed by atoms with van der Waals surface area (Å²) in [6.45, 7) is 5.42. The number of alkyl halides is 3. The largest absolute Gasteiger partial charge is 0.436 e. The van der Waals surface area contributed by atoms with Gasteiger partial charge >= 0.3 is 6.18 Å². The average molecular weight is 219 g/mol. The van der Waals surface area contributed by atoms with Crippen molar-refractivity contribution in [2.24, 2.45) is 7.05 Å². The Morgan fingerprint density at radius 1 is 1.33 bits per heavy atom. The lowest BCUT2D eigenvalue weighted by Crippen LogP contribution is -2.08. The van der Waals surface area contributed by atoms with Gasteiger partial charge in [0.1, 0.15) is 11.6 Å². The molecule has 0 amide bonds. The third-order valence-electron chi connectivity index (χ3n) is 1.71. The van der Waals surface area contributed by atoms with Gasteiger partial charge in [-0.25, -0.2) is 0 Å². The summed E-state index contributed by atoms with van der Waals surface area (Å²) in [6, 6.07) is 1.49. The quantitative estimate of drug-likeness (QED) is 0.673. The molecular formula is C9H12F3N3. The van der Waals surface area contributed by atoms with E-state index in [9.17, 15) is 13.2 Å². The molecule has 0 bridgehead atoms. The molecule has 1 aromatic heterocycles. The molecular weight excluding hydrogens is 207 g/mol. The van der Waals surface area contributed by atoms with Gasteiger partial charge in [0, 0.05) is 7.05 Å². The summed E-state index contributed by atoms with van der Waals surface area (Å²) in [5.74, 6) is 0. The Balaban J connectivity index is 0.000000921. The zero-order valence-corrected chi connectivity index (χ0v) is 8.98. The van der Waals surface area contributed by atoms with Crippen LogP contribution in [0.5, 0.6) is 0 Å². The van der Waals surface area contributed by atoms with Crippen LogP contribution in [0.15, 0.2) is 0 Å². The van der Waals surface area contributed by atoms with Gasteiger partial charge in [0.25, 0.3) is 0 Å². The zero-order valence-electron chi connectivity index (χ0n) is 8.98. The van der Waals surface area contributed by atoms with E-state index < -0.39 is 17.4 Å². The topological polar surface area (TPSA) is 41.6 Å². The number of halogens is 3. The number of hydrogen-bond acceptors (Lipinski definition) is 2. The molecule has 0 radical (unpaired) electrons. The van der Waals surface area contributed by atoms with E-state index >= 15 is 0 Å². The second-order valence-electron chi connectivity index (χ2n) is 2.54. The Labute approximate surface area is 86.1 Å². The van der Waals surface area contributed by atoms with Gasteiger partial charge in [-0.1, -0.05) is 13.8 Å². The molecule has 0 unspecified atom stereocenters. The van der Waals surface area contributed by atoms with Gasteiger partial charge in [-0.2, -0.15) is 23.5 Å². The number of aryl methyl sites for hydroxylation is 1. The minimum absolute atomic E-state index is 0.217. The molecule has 3 nitrogen and oxygen atoms in total. The van der Waals surface area contributed by atoms with Crippen molar-refractivity contribution in [3.05, 3.63) is 17.0 Å². The van der Waals surface area contributed by atoms with Crippen LogP contribution in [0.3, 0.4) is 0 Å². The van der Waals surface area contributed by atoms with Crippen molar-refractivity contribution >= 4 is 0 Å². The molecule has 0 atom stereocenters. The first-order valence-corrected chi connectivity index (χ1v) is 4.38. The second-order valence-corrected chi connectivity index (χ2v) is 2.54. The van der Waals surface area contributed by atoms with Crippen LogP contribution >= 0.6 is 0 Å². The van der Waals surface area contributed by atoms with Gasteiger partial charge in [-0.05, 0) is 6.92 Å². The standard InChI is InChI=1S/C7H6F3N3.C2H6/c1-4-5(3-11)6(7(8,9)10)12-13(4)2;1-2/h1-2H3;1-2H3. The molecule has 15 heavy (non-hydrogen) atoms. The summed E-state index contributed by atoms with van der Waals surface area (Å²) >= 11 is 0. The van der Waals surface area contributed by atoms with E-state index in [1.807, 2.05) is 13.8 Å². The normalized spacial score (nSPS) is 10.3. The monoisotopic (exact) mass is 219 g/mol. The van der Waals surface area contributed by atoms with Crippen molar-refractivity contribution in [1.82, 2.24) is 9.78 Å². The van der Waals surface area contributed by atoms with E-state index in [1.165, 1.54) is 20.0 Å². The first kappa shape index (κ1) is 13.5. The molecule has 0 fully saturated rings. The highest BCUT2D eigenvalue weighted by atomic mass is 19.4. The molecule has 0 aliphatic heterocycles. The van der Waals surface area contributed by atoms with Crippen molar-refractivity contribution in [2.45, 2.75) is 26.9 Å². The number of nitrogens with zero attached hydrogens (tertiary/aromatic N) is 3. The molecule has 0 saturated heterocycles. The first-order chi connectivity index (χ1) is 6.88. The van der Waals surface area contributed by atoms with Gasteiger partial charge in [0.05, 0.1) is 5.69 Å². The molecule has 0 aliphatic rings. The van der Waals surface area contributed by atoms with Gasteiger partial charge in [-0.3, -0.25) is 4.68 Å². The molecule has 0 N–H and O–H groups in total. The van der Waals surface area contributed by atoms with Crippen LogP contribution in [-0.2, 0) is 13.2 Å². The maximum absolute atomic E-state index is 12.2. The summed E-state index contributed by atoms with van der Waals surface area (Å²) in [5, 5.41) is 11.7. The van der Waals surface area contributed by atoms with Crippen molar-refractivity contribution in [3.8, 4) is 6.07 Å². The molecule has 0 saturated carbocycles. The Kier molecular flexibility index (Phi) is 4.34. The second kappa shape index (κ2) is 4.82.